The molecule has 1 fully saturated rings. The van der Waals surface area contributed by atoms with Crippen molar-refractivity contribution in [2.45, 2.75) is 38.5 Å². The molecule has 1 aromatic rings. The van der Waals surface area contributed by atoms with Crippen LogP contribution in [0.3, 0.4) is 0 Å². The lowest BCUT2D eigenvalue weighted by atomic mass is 9.87. The van der Waals surface area contributed by atoms with Crippen LogP contribution in [-0.2, 0) is 4.79 Å². The monoisotopic (exact) mass is 289 g/mol. The van der Waals surface area contributed by atoms with Gasteiger partial charge in [-0.3, -0.25) is 14.6 Å². The normalized spacial score (nSPS) is 15.6. The predicted octanol–water partition coefficient (Wildman–Crippen LogP) is 1.98. The Bertz CT molecular complexity index is 470. The second-order valence-electron chi connectivity index (χ2n) is 5.72. The van der Waals surface area contributed by atoms with E-state index in [1.807, 2.05) is 0 Å². The molecule has 5 nitrogen and oxygen atoms in total. The van der Waals surface area contributed by atoms with E-state index in [0.717, 1.165) is 6.42 Å². The highest BCUT2D eigenvalue weighted by atomic mass is 16.2. The number of nitrogens with zero attached hydrogens (tertiary/aromatic N) is 2. The highest BCUT2D eigenvalue weighted by Gasteiger charge is 2.20. The van der Waals surface area contributed by atoms with Crippen LogP contribution in [-0.4, -0.2) is 34.8 Å². The van der Waals surface area contributed by atoms with E-state index < -0.39 is 5.91 Å². The molecule has 2 N–H and O–H groups in total. The fourth-order valence-corrected chi connectivity index (χ4v) is 2.93. The van der Waals surface area contributed by atoms with Gasteiger partial charge < -0.3 is 10.6 Å². The topological polar surface area (TPSA) is 76.3 Å². The maximum absolute atomic E-state index is 12.4. The molecule has 1 aromatic heterocycles. The Hall–Kier alpha value is -1.91. The van der Waals surface area contributed by atoms with Crippen molar-refractivity contribution >= 4 is 11.8 Å². The Balaban J connectivity index is 1.96. The summed E-state index contributed by atoms with van der Waals surface area (Å²) in [6.07, 6.45) is 10.4. The number of aromatic nitrogens is 1. The van der Waals surface area contributed by atoms with Crippen molar-refractivity contribution in [2.24, 2.45) is 11.7 Å². The first-order chi connectivity index (χ1) is 10.2. The van der Waals surface area contributed by atoms with Crippen molar-refractivity contribution < 1.29 is 9.59 Å². The Labute approximate surface area is 125 Å². The van der Waals surface area contributed by atoms with E-state index in [-0.39, 0.29) is 12.5 Å². The summed E-state index contributed by atoms with van der Waals surface area (Å²) in [5.41, 5.74) is 5.82. The first-order valence-corrected chi connectivity index (χ1v) is 7.64. The Kier molecular flexibility index (Phi) is 5.72. The molecule has 1 saturated carbocycles. The molecule has 0 unspecified atom stereocenters. The first kappa shape index (κ1) is 15.5. The molecule has 0 spiro atoms. The summed E-state index contributed by atoms with van der Waals surface area (Å²) in [7, 11) is 0. The van der Waals surface area contributed by atoms with Crippen molar-refractivity contribution in [3.05, 3.63) is 30.1 Å². The van der Waals surface area contributed by atoms with E-state index >= 15 is 0 Å². The molecule has 114 valence electrons. The number of carbonyl (C=O) groups is 2. The predicted molar refractivity (Wildman–Crippen MR) is 80.5 cm³/mol. The summed E-state index contributed by atoms with van der Waals surface area (Å²) in [4.78, 5) is 29.1. The number of hydrogen-bond acceptors (Lipinski definition) is 3. The maximum Gasteiger partial charge on any atom is 0.254 e. The van der Waals surface area contributed by atoms with Gasteiger partial charge in [0.2, 0.25) is 5.91 Å². The Morgan fingerprint density at radius 1 is 1.19 bits per heavy atom. The molecule has 1 aliphatic carbocycles. The standard InChI is InChI=1S/C16H23N3O2/c17-15(20)12-19(11-8-13-4-2-1-3-5-13)16(21)14-6-9-18-10-7-14/h6-7,9-10,13H,1-5,8,11-12H2,(H2,17,20). The van der Waals surface area contributed by atoms with Crippen molar-refractivity contribution in [3.8, 4) is 0 Å². The first-order valence-electron chi connectivity index (χ1n) is 7.64. The van der Waals surface area contributed by atoms with Crippen molar-refractivity contribution in [1.29, 1.82) is 0 Å². The molecule has 2 amide bonds. The van der Waals surface area contributed by atoms with Gasteiger partial charge in [-0.25, -0.2) is 0 Å². The van der Waals surface area contributed by atoms with E-state index in [0.29, 0.717) is 18.0 Å². The molecule has 0 aliphatic heterocycles. The SMILES string of the molecule is NC(=O)CN(CCC1CCCCC1)C(=O)c1ccncc1. The van der Waals surface area contributed by atoms with Crippen LogP contribution < -0.4 is 5.73 Å². The van der Waals surface area contributed by atoms with Gasteiger partial charge in [-0.15, -0.1) is 0 Å². The van der Waals surface area contributed by atoms with Gasteiger partial charge in [0.05, 0.1) is 6.54 Å². The average molecular weight is 289 g/mol. The van der Waals surface area contributed by atoms with Crippen LogP contribution in [0.5, 0.6) is 0 Å². The number of nitrogens with two attached hydrogens (primary N) is 1. The van der Waals surface area contributed by atoms with E-state index in [1.54, 1.807) is 29.4 Å². The largest absolute Gasteiger partial charge is 0.368 e. The van der Waals surface area contributed by atoms with Gasteiger partial charge in [0.15, 0.2) is 0 Å². The van der Waals surface area contributed by atoms with Gasteiger partial charge in [0.1, 0.15) is 0 Å². The van der Waals surface area contributed by atoms with Crippen molar-refractivity contribution in [2.75, 3.05) is 13.1 Å². The second kappa shape index (κ2) is 7.76. The van der Waals surface area contributed by atoms with Crippen LogP contribution in [0, 0.1) is 5.92 Å². The molecule has 5 heteroatoms. The highest BCUT2D eigenvalue weighted by molar-refractivity contribution is 5.96. The lowest BCUT2D eigenvalue weighted by Gasteiger charge is -2.26. The van der Waals surface area contributed by atoms with Gasteiger partial charge in [-0.1, -0.05) is 32.1 Å². The summed E-state index contributed by atoms with van der Waals surface area (Å²) >= 11 is 0. The number of hydrogen-bond donors (Lipinski definition) is 1. The average Bonchev–Trinajstić information content (AvgIpc) is 2.52. The van der Waals surface area contributed by atoms with E-state index in [4.69, 9.17) is 5.73 Å². The minimum Gasteiger partial charge on any atom is -0.368 e. The number of amides is 2. The van der Waals surface area contributed by atoms with Crippen LogP contribution in [0.2, 0.25) is 0 Å². The van der Waals surface area contributed by atoms with Gasteiger partial charge in [0, 0.05) is 24.5 Å². The minimum absolute atomic E-state index is 0.0200. The van der Waals surface area contributed by atoms with E-state index in [1.165, 1.54) is 32.1 Å². The van der Waals surface area contributed by atoms with E-state index in [9.17, 15) is 9.59 Å². The van der Waals surface area contributed by atoms with Crippen LogP contribution in [0.15, 0.2) is 24.5 Å². The zero-order valence-electron chi connectivity index (χ0n) is 12.3. The highest BCUT2D eigenvalue weighted by Crippen LogP contribution is 2.26. The summed E-state index contributed by atoms with van der Waals surface area (Å²) in [5.74, 6) is 0.0485. The number of carbonyl (C=O) groups excluding carboxylic acids is 2. The lowest BCUT2D eigenvalue weighted by molar-refractivity contribution is -0.118. The molecular weight excluding hydrogens is 266 g/mol. The zero-order chi connectivity index (χ0) is 15.1. The fourth-order valence-electron chi connectivity index (χ4n) is 2.93. The zero-order valence-corrected chi connectivity index (χ0v) is 12.3. The number of rotatable bonds is 6. The van der Waals surface area contributed by atoms with Crippen LogP contribution >= 0.6 is 0 Å². The van der Waals surface area contributed by atoms with Crippen molar-refractivity contribution in [1.82, 2.24) is 9.88 Å². The van der Waals surface area contributed by atoms with Gasteiger partial charge in [0.25, 0.3) is 5.91 Å². The van der Waals surface area contributed by atoms with Gasteiger partial charge >= 0.3 is 0 Å². The maximum atomic E-state index is 12.4. The quantitative estimate of drug-likeness (QED) is 0.870. The lowest BCUT2D eigenvalue weighted by Crippen LogP contribution is -2.39. The van der Waals surface area contributed by atoms with Gasteiger partial charge in [-0.05, 0) is 24.5 Å². The Morgan fingerprint density at radius 2 is 1.86 bits per heavy atom. The molecule has 1 heterocycles. The molecule has 0 aromatic carbocycles. The summed E-state index contributed by atoms with van der Waals surface area (Å²) in [6.45, 7) is 0.572. The number of primary amides is 1. The molecule has 2 rings (SSSR count). The molecular formula is C16H23N3O2. The third-order valence-electron chi connectivity index (χ3n) is 4.09. The number of pyridine rings is 1. The third kappa shape index (κ3) is 4.85. The van der Waals surface area contributed by atoms with Gasteiger partial charge in [-0.2, -0.15) is 0 Å². The fraction of sp³-hybridized carbons (Fsp3) is 0.562. The van der Waals surface area contributed by atoms with Crippen LogP contribution in [0.4, 0.5) is 0 Å². The Morgan fingerprint density at radius 3 is 2.48 bits per heavy atom. The summed E-state index contributed by atoms with van der Waals surface area (Å²) in [6, 6.07) is 3.33. The molecule has 0 bridgehead atoms. The van der Waals surface area contributed by atoms with E-state index in [2.05, 4.69) is 4.98 Å². The minimum atomic E-state index is -0.471. The summed E-state index contributed by atoms with van der Waals surface area (Å²) < 4.78 is 0. The second-order valence-corrected chi connectivity index (χ2v) is 5.72. The smallest absolute Gasteiger partial charge is 0.254 e. The molecule has 0 atom stereocenters. The van der Waals surface area contributed by atoms with Crippen LogP contribution in [0.1, 0.15) is 48.9 Å². The van der Waals surface area contributed by atoms with Crippen molar-refractivity contribution in [3.63, 3.8) is 0 Å². The van der Waals surface area contributed by atoms with Crippen LogP contribution in [0.25, 0.3) is 0 Å². The molecule has 0 saturated heterocycles. The molecule has 0 radical (unpaired) electrons. The third-order valence-corrected chi connectivity index (χ3v) is 4.09. The molecule has 1 aliphatic rings. The molecule has 21 heavy (non-hydrogen) atoms. The summed E-state index contributed by atoms with van der Waals surface area (Å²) in [5, 5.41) is 0.